The van der Waals surface area contributed by atoms with E-state index in [0.717, 1.165) is 36.6 Å². The number of anilines is 1. The van der Waals surface area contributed by atoms with E-state index >= 15 is 0 Å². The molecule has 28 heavy (non-hydrogen) atoms. The number of aromatic nitrogens is 4. The Morgan fingerprint density at radius 3 is 2.57 bits per heavy atom. The van der Waals surface area contributed by atoms with Crippen LogP contribution in [0.4, 0.5) is 23.4 Å². The normalized spacial score (nSPS) is 29.1. The van der Waals surface area contributed by atoms with Gasteiger partial charge in [-0.1, -0.05) is 12.8 Å². The second-order valence-electron chi connectivity index (χ2n) is 7.03. The van der Waals surface area contributed by atoms with Crippen molar-refractivity contribution in [2.75, 3.05) is 11.9 Å². The molecule has 0 spiro atoms. The number of aliphatic hydroxyl groups is 2. The number of ether oxygens (including phenoxy) is 1. The number of aliphatic hydroxyl groups excluding tert-OH is 2. The zero-order valence-corrected chi connectivity index (χ0v) is 14.6. The standard InChI is InChI=1S/C16H19F4N5O3/c17-9-11(27)8(5-26)28-14(9)25-6-21-10-12(22-7-3-1-2-4-7)23-15(16(18,19)20)24-13(10)25/h6-9,11,14,26-27H,1-5H2,(H,22,23,24)/t8-,9+,11-,14-/m1/s1. The molecule has 3 N–H and O–H groups in total. The quantitative estimate of drug-likeness (QED) is 0.666. The zero-order valence-electron chi connectivity index (χ0n) is 14.6. The van der Waals surface area contributed by atoms with Crippen LogP contribution >= 0.6 is 0 Å². The van der Waals surface area contributed by atoms with Crippen LogP contribution in [0.3, 0.4) is 0 Å². The van der Waals surface area contributed by atoms with Gasteiger partial charge in [0, 0.05) is 6.04 Å². The predicted molar refractivity (Wildman–Crippen MR) is 88.1 cm³/mol. The van der Waals surface area contributed by atoms with Gasteiger partial charge in [0.15, 0.2) is 29.4 Å². The zero-order chi connectivity index (χ0) is 20.1. The first-order valence-electron chi connectivity index (χ1n) is 8.96. The molecule has 0 unspecified atom stereocenters. The molecule has 2 aliphatic rings. The SMILES string of the molecule is OC[C@H]1O[C@@H](n2cnc3c(NC4CCCC4)nc(C(F)(F)F)nc32)[C@@H](F)[C@@H]1O. The van der Waals surface area contributed by atoms with E-state index < -0.39 is 43.2 Å². The maximum Gasteiger partial charge on any atom is 0.451 e. The fraction of sp³-hybridized carbons (Fsp3) is 0.688. The number of rotatable bonds is 4. The molecule has 2 aromatic heterocycles. The summed E-state index contributed by atoms with van der Waals surface area (Å²) in [4.78, 5) is 11.2. The first-order chi connectivity index (χ1) is 13.3. The minimum Gasteiger partial charge on any atom is -0.394 e. The third kappa shape index (κ3) is 3.29. The van der Waals surface area contributed by atoms with Crippen molar-refractivity contribution in [3.63, 3.8) is 0 Å². The van der Waals surface area contributed by atoms with Crippen LogP contribution in [0.15, 0.2) is 6.33 Å². The van der Waals surface area contributed by atoms with E-state index in [1.165, 1.54) is 0 Å². The summed E-state index contributed by atoms with van der Waals surface area (Å²) in [7, 11) is 0. The Hall–Kier alpha value is -2.05. The summed E-state index contributed by atoms with van der Waals surface area (Å²) < 4.78 is 60.7. The minimum atomic E-state index is -4.81. The summed E-state index contributed by atoms with van der Waals surface area (Å²) in [5.41, 5.74) is -0.209. The fourth-order valence-corrected chi connectivity index (χ4v) is 3.67. The van der Waals surface area contributed by atoms with Gasteiger partial charge in [0.05, 0.1) is 12.9 Å². The molecule has 12 heteroatoms. The molecule has 2 fully saturated rings. The van der Waals surface area contributed by atoms with Crippen molar-refractivity contribution >= 4 is 17.0 Å². The molecule has 154 valence electrons. The first-order valence-corrected chi connectivity index (χ1v) is 8.96. The molecule has 1 saturated carbocycles. The topological polar surface area (TPSA) is 105 Å². The predicted octanol–water partition coefficient (Wildman–Crippen LogP) is 1.79. The van der Waals surface area contributed by atoms with Crippen molar-refractivity contribution in [2.45, 2.75) is 62.5 Å². The lowest BCUT2D eigenvalue weighted by molar-refractivity contribution is -0.144. The minimum absolute atomic E-state index is 0.0263. The van der Waals surface area contributed by atoms with Crippen LogP contribution in [-0.2, 0) is 10.9 Å². The molecule has 1 saturated heterocycles. The van der Waals surface area contributed by atoms with E-state index in [2.05, 4.69) is 20.3 Å². The number of halogens is 4. The van der Waals surface area contributed by atoms with E-state index in [9.17, 15) is 27.8 Å². The van der Waals surface area contributed by atoms with Gasteiger partial charge in [-0.25, -0.2) is 19.3 Å². The Bertz CT molecular complexity index is 855. The number of hydrogen-bond donors (Lipinski definition) is 3. The van der Waals surface area contributed by atoms with E-state index in [4.69, 9.17) is 4.74 Å². The average Bonchev–Trinajstić information content (AvgIpc) is 3.35. The summed E-state index contributed by atoms with van der Waals surface area (Å²) in [6, 6.07) is -0.0263. The largest absolute Gasteiger partial charge is 0.451 e. The van der Waals surface area contributed by atoms with Gasteiger partial charge in [0.1, 0.15) is 12.2 Å². The lowest BCUT2D eigenvalue weighted by Crippen LogP contribution is -2.30. The van der Waals surface area contributed by atoms with Crippen molar-refractivity contribution in [1.29, 1.82) is 0 Å². The molecule has 2 aromatic rings. The highest BCUT2D eigenvalue weighted by molar-refractivity contribution is 5.83. The third-order valence-electron chi connectivity index (χ3n) is 5.12. The maximum absolute atomic E-state index is 14.5. The number of nitrogens with zero attached hydrogens (tertiary/aromatic N) is 4. The van der Waals surface area contributed by atoms with Gasteiger partial charge in [0.25, 0.3) is 0 Å². The maximum atomic E-state index is 14.5. The summed E-state index contributed by atoms with van der Waals surface area (Å²) in [6.45, 7) is -0.637. The summed E-state index contributed by atoms with van der Waals surface area (Å²) in [5, 5.41) is 22.0. The van der Waals surface area contributed by atoms with Crippen molar-refractivity contribution < 1.29 is 32.5 Å². The Morgan fingerprint density at radius 1 is 1.25 bits per heavy atom. The van der Waals surface area contributed by atoms with E-state index in [1.54, 1.807) is 0 Å². The lowest BCUT2D eigenvalue weighted by atomic mass is 10.1. The van der Waals surface area contributed by atoms with Gasteiger partial charge in [-0.2, -0.15) is 13.2 Å². The van der Waals surface area contributed by atoms with Crippen LogP contribution in [0.1, 0.15) is 37.7 Å². The number of nitrogens with one attached hydrogen (secondary N) is 1. The first kappa shape index (κ1) is 19.3. The molecule has 1 aliphatic heterocycles. The Kier molecular flexibility index (Phi) is 4.88. The van der Waals surface area contributed by atoms with Gasteiger partial charge in [-0.15, -0.1) is 0 Å². The van der Waals surface area contributed by atoms with E-state index in [1.807, 2.05) is 0 Å². The van der Waals surface area contributed by atoms with Crippen molar-refractivity contribution in [1.82, 2.24) is 19.5 Å². The van der Waals surface area contributed by atoms with Crippen LogP contribution in [0.25, 0.3) is 11.2 Å². The Balaban J connectivity index is 1.78. The monoisotopic (exact) mass is 405 g/mol. The van der Waals surface area contributed by atoms with Crippen molar-refractivity contribution in [3.05, 3.63) is 12.2 Å². The molecular weight excluding hydrogens is 386 g/mol. The third-order valence-corrected chi connectivity index (χ3v) is 5.12. The highest BCUT2D eigenvalue weighted by atomic mass is 19.4. The van der Waals surface area contributed by atoms with Crippen LogP contribution in [-0.4, -0.2) is 60.8 Å². The second kappa shape index (κ2) is 7.08. The highest BCUT2D eigenvalue weighted by Gasteiger charge is 2.46. The Morgan fingerprint density at radius 2 is 1.96 bits per heavy atom. The smallest absolute Gasteiger partial charge is 0.394 e. The van der Waals surface area contributed by atoms with Crippen molar-refractivity contribution in [3.8, 4) is 0 Å². The van der Waals surface area contributed by atoms with Crippen LogP contribution in [0.5, 0.6) is 0 Å². The van der Waals surface area contributed by atoms with Gasteiger partial charge in [-0.05, 0) is 12.8 Å². The summed E-state index contributed by atoms with van der Waals surface area (Å²) >= 11 is 0. The molecule has 0 amide bonds. The molecule has 0 bridgehead atoms. The molecule has 4 rings (SSSR count). The molecule has 0 aromatic carbocycles. The average molecular weight is 405 g/mol. The molecule has 1 aliphatic carbocycles. The van der Waals surface area contributed by atoms with Crippen LogP contribution in [0, 0.1) is 0 Å². The van der Waals surface area contributed by atoms with Crippen LogP contribution < -0.4 is 5.32 Å². The fourth-order valence-electron chi connectivity index (χ4n) is 3.67. The van der Waals surface area contributed by atoms with Crippen LogP contribution in [0.2, 0.25) is 0 Å². The molecular formula is C16H19F4N5O3. The molecule has 0 radical (unpaired) electrons. The van der Waals surface area contributed by atoms with E-state index in [-0.39, 0.29) is 23.0 Å². The molecule has 3 heterocycles. The lowest BCUT2D eigenvalue weighted by Gasteiger charge is -2.17. The second-order valence-corrected chi connectivity index (χ2v) is 7.03. The summed E-state index contributed by atoms with van der Waals surface area (Å²) in [6.07, 6.45) is -6.43. The van der Waals surface area contributed by atoms with Gasteiger partial charge >= 0.3 is 6.18 Å². The summed E-state index contributed by atoms with van der Waals surface area (Å²) in [5.74, 6) is -1.45. The van der Waals surface area contributed by atoms with Gasteiger partial charge in [0.2, 0.25) is 5.82 Å². The van der Waals surface area contributed by atoms with E-state index in [0.29, 0.717) is 0 Å². The number of alkyl halides is 4. The number of imidazole rings is 1. The molecule has 4 atom stereocenters. The van der Waals surface area contributed by atoms with Gasteiger partial charge < -0.3 is 20.3 Å². The number of hydrogen-bond acceptors (Lipinski definition) is 7. The molecule has 8 nitrogen and oxygen atoms in total. The Labute approximate surface area is 156 Å². The number of fused-ring (bicyclic) bond motifs is 1. The highest BCUT2D eigenvalue weighted by Crippen LogP contribution is 2.36. The van der Waals surface area contributed by atoms with Gasteiger partial charge in [-0.3, -0.25) is 4.57 Å². The van der Waals surface area contributed by atoms with Crippen molar-refractivity contribution in [2.24, 2.45) is 0 Å².